The summed E-state index contributed by atoms with van der Waals surface area (Å²) in [5, 5.41) is 7.62. The van der Waals surface area contributed by atoms with Crippen molar-refractivity contribution in [3.8, 4) is 22.6 Å². The number of hydrogen-bond acceptors (Lipinski definition) is 7. The number of nitrogens with zero attached hydrogens (tertiary/aromatic N) is 3. The molecule has 32 heavy (non-hydrogen) atoms. The van der Waals surface area contributed by atoms with E-state index >= 15 is 0 Å². The highest BCUT2D eigenvalue weighted by molar-refractivity contribution is 7.92. The standard InChI is InChI=1S/C22H23N5O4S/c1-14-5-6-15(11-19(14)26-32(4,28)29)24-21-9-10-27-22(25-21)18(13-23-27)17-8-7-16(30-2)12-20(17)31-3/h5-13,26H,1-4H3,(H,24,25). The molecule has 2 heterocycles. The normalized spacial score (nSPS) is 11.4. The van der Waals surface area contributed by atoms with Crippen molar-refractivity contribution in [3.05, 3.63) is 60.4 Å². The molecule has 2 aromatic heterocycles. The first-order valence-electron chi connectivity index (χ1n) is 9.69. The first-order chi connectivity index (χ1) is 15.3. The second-order valence-electron chi connectivity index (χ2n) is 7.23. The maximum Gasteiger partial charge on any atom is 0.229 e. The summed E-state index contributed by atoms with van der Waals surface area (Å²) in [6.45, 7) is 1.84. The zero-order chi connectivity index (χ0) is 22.9. The van der Waals surface area contributed by atoms with E-state index < -0.39 is 10.0 Å². The third-order valence-electron chi connectivity index (χ3n) is 4.87. The summed E-state index contributed by atoms with van der Waals surface area (Å²) < 4.78 is 38.3. The highest BCUT2D eigenvalue weighted by atomic mass is 32.2. The van der Waals surface area contributed by atoms with Gasteiger partial charge in [0.2, 0.25) is 10.0 Å². The largest absolute Gasteiger partial charge is 0.497 e. The van der Waals surface area contributed by atoms with E-state index in [0.717, 1.165) is 22.9 Å². The molecule has 0 fully saturated rings. The van der Waals surface area contributed by atoms with E-state index in [9.17, 15) is 8.42 Å². The van der Waals surface area contributed by atoms with Gasteiger partial charge in [-0.1, -0.05) is 6.07 Å². The molecule has 0 saturated carbocycles. The van der Waals surface area contributed by atoms with E-state index in [-0.39, 0.29) is 0 Å². The fraction of sp³-hybridized carbons (Fsp3) is 0.182. The van der Waals surface area contributed by atoms with Gasteiger partial charge in [0.25, 0.3) is 0 Å². The molecule has 166 valence electrons. The Morgan fingerprint density at radius 3 is 2.53 bits per heavy atom. The second kappa shape index (κ2) is 8.39. The molecule has 4 aromatic rings. The minimum Gasteiger partial charge on any atom is -0.497 e. The van der Waals surface area contributed by atoms with Gasteiger partial charge in [0, 0.05) is 23.5 Å². The van der Waals surface area contributed by atoms with Gasteiger partial charge in [-0.3, -0.25) is 4.72 Å². The number of hydrogen-bond donors (Lipinski definition) is 2. The fourth-order valence-corrected chi connectivity index (χ4v) is 3.93. The van der Waals surface area contributed by atoms with Crippen LogP contribution < -0.4 is 19.5 Å². The molecule has 0 spiro atoms. The fourth-order valence-electron chi connectivity index (χ4n) is 3.31. The van der Waals surface area contributed by atoms with Crippen LogP contribution >= 0.6 is 0 Å². The average Bonchev–Trinajstić information content (AvgIpc) is 3.17. The Labute approximate surface area is 186 Å². The highest BCUT2D eigenvalue weighted by Gasteiger charge is 2.15. The van der Waals surface area contributed by atoms with Crippen LogP contribution in [0.5, 0.6) is 11.5 Å². The van der Waals surface area contributed by atoms with E-state index in [1.54, 1.807) is 43.3 Å². The lowest BCUT2D eigenvalue weighted by Gasteiger charge is -2.12. The van der Waals surface area contributed by atoms with Crippen molar-refractivity contribution in [2.45, 2.75) is 6.92 Å². The van der Waals surface area contributed by atoms with Crippen LogP contribution in [0.1, 0.15) is 5.56 Å². The van der Waals surface area contributed by atoms with Crippen LogP contribution in [-0.4, -0.2) is 43.5 Å². The topological polar surface area (TPSA) is 107 Å². The summed E-state index contributed by atoms with van der Waals surface area (Å²) in [6.07, 6.45) is 4.65. The van der Waals surface area contributed by atoms with Gasteiger partial charge in [0.05, 0.1) is 37.9 Å². The molecular formula is C22H23N5O4S. The van der Waals surface area contributed by atoms with Crippen molar-refractivity contribution >= 4 is 32.9 Å². The summed E-state index contributed by atoms with van der Waals surface area (Å²) in [7, 11) is -0.181. The van der Waals surface area contributed by atoms with Gasteiger partial charge >= 0.3 is 0 Å². The molecule has 0 aliphatic rings. The Morgan fingerprint density at radius 2 is 1.81 bits per heavy atom. The van der Waals surface area contributed by atoms with Crippen LogP contribution in [0.4, 0.5) is 17.2 Å². The number of anilines is 3. The number of rotatable bonds is 7. The second-order valence-corrected chi connectivity index (χ2v) is 8.98. The number of ether oxygens (including phenoxy) is 2. The van der Waals surface area contributed by atoms with E-state index in [1.807, 2.05) is 37.3 Å². The molecule has 10 heteroatoms. The first kappa shape index (κ1) is 21.4. The number of aromatic nitrogens is 3. The molecule has 0 amide bonds. The maximum atomic E-state index is 11.6. The van der Waals surface area contributed by atoms with Crippen LogP contribution in [0.2, 0.25) is 0 Å². The smallest absolute Gasteiger partial charge is 0.229 e. The Hall–Kier alpha value is -3.79. The molecule has 0 saturated heterocycles. The third-order valence-corrected chi connectivity index (χ3v) is 5.46. The van der Waals surface area contributed by atoms with Crippen LogP contribution in [0.3, 0.4) is 0 Å². The van der Waals surface area contributed by atoms with Gasteiger partial charge < -0.3 is 14.8 Å². The minimum atomic E-state index is -3.38. The summed E-state index contributed by atoms with van der Waals surface area (Å²) in [5.74, 6) is 1.92. The Balaban J connectivity index is 1.71. The summed E-state index contributed by atoms with van der Waals surface area (Å²) >= 11 is 0. The van der Waals surface area contributed by atoms with Gasteiger partial charge in [-0.15, -0.1) is 0 Å². The van der Waals surface area contributed by atoms with Crippen molar-refractivity contribution in [1.29, 1.82) is 0 Å². The molecule has 9 nitrogen and oxygen atoms in total. The monoisotopic (exact) mass is 453 g/mol. The van der Waals surface area contributed by atoms with Crippen molar-refractivity contribution in [3.63, 3.8) is 0 Å². The minimum absolute atomic E-state index is 0.506. The van der Waals surface area contributed by atoms with Crippen molar-refractivity contribution in [2.75, 3.05) is 30.5 Å². The lowest BCUT2D eigenvalue weighted by atomic mass is 10.1. The molecule has 0 aliphatic heterocycles. The number of methoxy groups -OCH3 is 2. The first-order valence-corrected chi connectivity index (χ1v) is 11.6. The van der Waals surface area contributed by atoms with Crippen LogP contribution in [0.25, 0.3) is 16.8 Å². The predicted molar refractivity (Wildman–Crippen MR) is 124 cm³/mol. The zero-order valence-corrected chi connectivity index (χ0v) is 18.9. The quantitative estimate of drug-likeness (QED) is 0.438. The predicted octanol–water partition coefficient (Wildman–Crippen LogP) is 3.84. The zero-order valence-electron chi connectivity index (χ0n) is 18.1. The highest BCUT2D eigenvalue weighted by Crippen LogP contribution is 2.35. The van der Waals surface area contributed by atoms with E-state index in [0.29, 0.717) is 34.3 Å². The molecule has 2 N–H and O–H groups in total. The Morgan fingerprint density at radius 1 is 1.00 bits per heavy atom. The Bertz CT molecular complexity index is 1400. The molecule has 0 unspecified atom stereocenters. The van der Waals surface area contributed by atoms with Crippen molar-refractivity contribution in [2.24, 2.45) is 0 Å². The third kappa shape index (κ3) is 4.45. The van der Waals surface area contributed by atoms with Gasteiger partial charge in [-0.2, -0.15) is 5.10 Å². The molecule has 0 atom stereocenters. The van der Waals surface area contributed by atoms with Gasteiger partial charge in [-0.25, -0.2) is 17.9 Å². The Kier molecular flexibility index (Phi) is 5.62. The average molecular weight is 454 g/mol. The van der Waals surface area contributed by atoms with Crippen LogP contribution in [0.15, 0.2) is 54.9 Å². The van der Waals surface area contributed by atoms with Crippen LogP contribution in [0, 0.1) is 6.92 Å². The van der Waals surface area contributed by atoms with Gasteiger partial charge in [0.15, 0.2) is 5.65 Å². The van der Waals surface area contributed by atoms with Gasteiger partial charge in [-0.05, 0) is 42.8 Å². The SMILES string of the molecule is COc1ccc(-c2cnn3ccc(Nc4ccc(C)c(NS(C)(=O)=O)c4)nc23)c(OC)c1. The van der Waals surface area contributed by atoms with E-state index in [4.69, 9.17) is 14.5 Å². The molecule has 4 rings (SSSR count). The molecular weight excluding hydrogens is 430 g/mol. The van der Waals surface area contributed by atoms with Gasteiger partial charge in [0.1, 0.15) is 17.3 Å². The number of benzene rings is 2. The summed E-state index contributed by atoms with van der Waals surface area (Å²) in [4.78, 5) is 4.72. The number of aryl methyl sites for hydroxylation is 1. The molecule has 0 bridgehead atoms. The lowest BCUT2D eigenvalue weighted by Crippen LogP contribution is -2.10. The summed E-state index contributed by atoms with van der Waals surface area (Å²) in [5.41, 5.74) is 4.29. The number of fused-ring (bicyclic) bond motifs is 1. The van der Waals surface area contributed by atoms with E-state index in [1.165, 1.54) is 0 Å². The summed E-state index contributed by atoms with van der Waals surface area (Å²) in [6, 6.07) is 12.8. The van der Waals surface area contributed by atoms with E-state index in [2.05, 4.69) is 15.1 Å². The molecule has 2 aromatic carbocycles. The molecule has 0 radical (unpaired) electrons. The lowest BCUT2D eigenvalue weighted by molar-refractivity contribution is 0.395. The van der Waals surface area contributed by atoms with Crippen molar-refractivity contribution < 1.29 is 17.9 Å². The number of nitrogens with one attached hydrogen (secondary N) is 2. The maximum absolute atomic E-state index is 11.6. The van der Waals surface area contributed by atoms with Crippen LogP contribution in [-0.2, 0) is 10.0 Å². The van der Waals surface area contributed by atoms with Crippen molar-refractivity contribution in [1.82, 2.24) is 14.6 Å². The number of sulfonamides is 1. The molecule has 0 aliphatic carbocycles.